The lowest BCUT2D eigenvalue weighted by Gasteiger charge is -2.31. The van der Waals surface area contributed by atoms with Gasteiger partial charge < -0.3 is 10.2 Å². The van der Waals surface area contributed by atoms with Gasteiger partial charge in [-0.05, 0) is 32.5 Å². The van der Waals surface area contributed by atoms with Crippen LogP contribution in [-0.2, 0) is 10.8 Å². The summed E-state index contributed by atoms with van der Waals surface area (Å²) < 4.78 is 11.2. The predicted molar refractivity (Wildman–Crippen MR) is 66.7 cm³/mol. The van der Waals surface area contributed by atoms with Gasteiger partial charge >= 0.3 is 0 Å². The van der Waals surface area contributed by atoms with E-state index in [1.807, 2.05) is 6.92 Å². The Morgan fingerprint density at radius 3 is 2.53 bits per heavy atom. The molecule has 1 heterocycles. The van der Waals surface area contributed by atoms with Crippen LogP contribution in [0.25, 0.3) is 0 Å². The molecule has 1 atom stereocenters. The summed E-state index contributed by atoms with van der Waals surface area (Å²) in [5, 5.41) is 3.51. The Hall–Kier alpha value is 0.0700. The second-order valence-electron chi connectivity index (χ2n) is 4.10. The van der Waals surface area contributed by atoms with Gasteiger partial charge in [0.2, 0.25) is 0 Å². The number of piperidine rings is 1. The Morgan fingerprint density at radius 1 is 1.33 bits per heavy atom. The Balaban J connectivity index is 2.06. The minimum Gasteiger partial charge on any atom is -0.313 e. The van der Waals surface area contributed by atoms with Crippen molar-refractivity contribution in [3.63, 3.8) is 0 Å². The fourth-order valence-electron chi connectivity index (χ4n) is 1.97. The van der Waals surface area contributed by atoms with Crippen molar-refractivity contribution in [2.45, 2.75) is 32.7 Å². The molecule has 0 radical (unpaired) electrons. The Kier molecular flexibility index (Phi) is 6.45. The van der Waals surface area contributed by atoms with Crippen LogP contribution in [0.4, 0.5) is 0 Å². The molecule has 1 rings (SSSR count). The van der Waals surface area contributed by atoms with E-state index in [2.05, 4.69) is 17.1 Å². The quantitative estimate of drug-likeness (QED) is 0.736. The summed E-state index contributed by atoms with van der Waals surface area (Å²) in [4.78, 5) is 2.49. The van der Waals surface area contributed by atoms with Gasteiger partial charge in [-0.1, -0.05) is 13.8 Å². The van der Waals surface area contributed by atoms with Crippen molar-refractivity contribution >= 4 is 10.8 Å². The van der Waals surface area contributed by atoms with Crippen LogP contribution >= 0.6 is 0 Å². The monoisotopic (exact) mass is 232 g/mol. The molecule has 0 aromatic rings. The van der Waals surface area contributed by atoms with Gasteiger partial charge in [-0.2, -0.15) is 0 Å². The number of nitrogens with one attached hydrogen (secondary N) is 1. The first-order valence-electron chi connectivity index (χ1n) is 6.07. The third-order valence-corrected chi connectivity index (χ3v) is 4.42. The molecular weight excluding hydrogens is 208 g/mol. The Bertz CT molecular complexity index is 191. The molecule has 3 nitrogen and oxygen atoms in total. The van der Waals surface area contributed by atoms with Crippen LogP contribution in [0, 0.1) is 0 Å². The number of rotatable bonds is 6. The zero-order chi connectivity index (χ0) is 11.1. The first-order valence-corrected chi connectivity index (χ1v) is 7.55. The van der Waals surface area contributed by atoms with Gasteiger partial charge in [-0.25, -0.2) is 0 Å². The molecule has 0 bridgehead atoms. The van der Waals surface area contributed by atoms with E-state index in [0.29, 0.717) is 6.04 Å². The number of hydrogen-bond donors (Lipinski definition) is 1. The lowest BCUT2D eigenvalue weighted by atomic mass is 10.1. The van der Waals surface area contributed by atoms with Crippen LogP contribution in [0.3, 0.4) is 0 Å². The molecule has 0 saturated carbocycles. The molecule has 15 heavy (non-hydrogen) atoms. The van der Waals surface area contributed by atoms with E-state index in [-0.39, 0.29) is 0 Å². The van der Waals surface area contributed by atoms with E-state index in [0.717, 1.165) is 18.1 Å². The van der Waals surface area contributed by atoms with E-state index in [1.54, 1.807) is 0 Å². The van der Waals surface area contributed by atoms with E-state index in [9.17, 15) is 4.21 Å². The van der Waals surface area contributed by atoms with Crippen molar-refractivity contribution in [2.75, 3.05) is 37.7 Å². The molecule has 1 aliphatic rings. The molecule has 1 saturated heterocycles. The van der Waals surface area contributed by atoms with Crippen molar-refractivity contribution in [1.82, 2.24) is 10.2 Å². The zero-order valence-electron chi connectivity index (χ0n) is 10.00. The summed E-state index contributed by atoms with van der Waals surface area (Å²) in [6.07, 6.45) is 2.49. The first kappa shape index (κ1) is 13.1. The molecule has 90 valence electrons. The minimum absolute atomic E-state index is 0.613. The summed E-state index contributed by atoms with van der Waals surface area (Å²) in [6.45, 7) is 8.72. The average molecular weight is 232 g/mol. The Morgan fingerprint density at radius 2 is 2.00 bits per heavy atom. The molecule has 1 N–H and O–H groups in total. The number of hydrogen-bond acceptors (Lipinski definition) is 3. The zero-order valence-corrected chi connectivity index (χ0v) is 10.8. The van der Waals surface area contributed by atoms with Crippen molar-refractivity contribution in [2.24, 2.45) is 0 Å². The molecule has 0 spiro atoms. The van der Waals surface area contributed by atoms with Crippen LogP contribution in [-0.4, -0.2) is 52.8 Å². The van der Waals surface area contributed by atoms with Crippen LogP contribution < -0.4 is 5.32 Å². The topological polar surface area (TPSA) is 32.3 Å². The number of likely N-dealkylation sites (tertiary alicyclic amines) is 1. The van der Waals surface area contributed by atoms with Crippen molar-refractivity contribution in [1.29, 1.82) is 0 Å². The van der Waals surface area contributed by atoms with Gasteiger partial charge in [-0.3, -0.25) is 4.21 Å². The maximum absolute atomic E-state index is 11.2. The maximum atomic E-state index is 11.2. The summed E-state index contributed by atoms with van der Waals surface area (Å²) in [5.41, 5.74) is 0. The molecule has 1 fully saturated rings. The second-order valence-corrected chi connectivity index (χ2v) is 5.96. The van der Waals surface area contributed by atoms with Crippen LogP contribution in [0.15, 0.2) is 0 Å². The highest BCUT2D eigenvalue weighted by Crippen LogP contribution is 2.09. The highest BCUT2D eigenvalue weighted by Gasteiger charge is 2.16. The number of nitrogens with zero attached hydrogens (tertiary/aromatic N) is 1. The molecular formula is C11H24N2OS. The highest BCUT2D eigenvalue weighted by molar-refractivity contribution is 7.84. The summed E-state index contributed by atoms with van der Waals surface area (Å²) in [6, 6.07) is 0.654. The third-order valence-electron chi connectivity index (χ3n) is 3.12. The molecule has 0 aromatic heterocycles. The van der Waals surface area contributed by atoms with Crippen LogP contribution in [0.5, 0.6) is 0 Å². The molecule has 1 unspecified atom stereocenters. The third kappa shape index (κ3) is 5.09. The normalized spacial score (nSPS) is 21.7. The van der Waals surface area contributed by atoms with E-state index >= 15 is 0 Å². The van der Waals surface area contributed by atoms with E-state index in [1.165, 1.54) is 32.5 Å². The van der Waals surface area contributed by atoms with Crippen molar-refractivity contribution in [3.05, 3.63) is 0 Å². The standard InChI is InChI=1S/C11H24N2OS/c1-3-13-8-5-11(6-9-13)12-7-10-15(14)4-2/h11-12H,3-10H2,1-2H3. The van der Waals surface area contributed by atoms with Gasteiger partial charge in [0, 0.05) is 34.9 Å². The second kappa shape index (κ2) is 7.36. The van der Waals surface area contributed by atoms with Crippen molar-refractivity contribution < 1.29 is 4.21 Å². The SMILES string of the molecule is CCN1CCC(NCCS(=O)CC)CC1. The Labute approximate surface area is 96.1 Å². The van der Waals surface area contributed by atoms with Gasteiger partial charge in [-0.15, -0.1) is 0 Å². The smallest absolute Gasteiger partial charge is 0.0360 e. The fourth-order valence-corrected chi connectivity index (χ4v) is 2.61. The maximum Gasteiger partial charge on any atom is 0.0360 e. The fraction of sp³-hybridized carbons (Fsp3) is 1.00. The van der Waals surface area contributed by atoms with Gasteiger partial charge in [0.05, 0.1) is 0 Å². The minimum atomic E-state index is -0.613. The first-order chi connectivity index (χ1) is 7.26. The predicted octanol–water partition coefficient (Wildman–Crippen LogP) is 0.829. The summed E-state index contributed by atoms with van der Waals surface area (Å²) in [7, 11) is -0.613. The molecule has 1 aliphatic heterocycles. The van der Waals surface area contributed by atoms with Crippen LogP contribution in [0.2, 0.25) is 0 Å². The average Bonchev–Trinajstić information content (AvgIpc) is 2.29. The van der Waals surface area contributed by atoms with Gasteiger partial charge in [0.25, 0.3) is 0 Å². The molecule has 4 heteroatoms. The highest BCUT2D eigenvalue weighted by atomic mass is 32.2. The van der Waals surface area contributed by atoms with E-state index < -0.39 is 10.8 Å². The lowest BCUT2D eigenvalue weighted by molar-refractivity contribution is 0.208. The summed E-state index contributed by atoms with van der Waals surface area (Å²) >= 11 is 0. The van der Waals surface area contributed by atoms with E-state index in [4.69, 9.17) is 0 Å². The molecule has 0 aliphatic carbocycles. The van der Waals surface area contributed by atoms with Gasteiger partial charge in [0.15, 0.2) is 0 Å². The van der Waals surface area contributed by atoms with Crippen molar-refractivity contribution in [3.8, 4) is 0 Å². The van der Waals surface area contributed by atoms with Crippen LogP contribution in [0.1, 0.15) is 26.7 Å². The summed E-state index contributed by atoms with van der Waals surface area (Å²) in [5.74, 6) is 1.60. The lowest BCUT2D eigenvalue weighted by Crippen LogP contribution is -2.43. The van der Waals surface area contributed by atoms with Gasteiger partial charge in [0.1, 0.15) is 0 Å². The largest absolute Gasteiger partial charge is 0.313 e. The molecule has 0 amide bonds. The molecule has 0 aromatic carbocycles.